The Kier molecular flexibility index (Phi) is 11.4. The van der Waals surface area contributed by atoms with Crippen molar-refractivity contribution in [2.75, 3.05) is 44.4 Å². The molecule has 9 atom stereocenters. The van der Waals surface area contributed by atoms with Gasteiger partial charge in [-0.05, 0) is 125 Å². The minimum atomic E-state index is -2.92. The van der Waals surface area contributed by atoms with Crippen molar-refractivity contribution in [3.63, 3.8) is 0 Å². The normalized spacial score (nSPS) is 39.1. The molecule has 6 aliphatic carbocycles. The van der Waals surface area contributed by atoms with Crippen molar-refractivity contribution in [1.82, 2.24) is 10.2 Å². The van der Waals surface area contributed by atoms with Gasteiger partial charge in [0.1, 0.15) is 13.3 Å². The third-order valence-corrected chi connectivity index (χ3v) is 19.7. The number of hydrogen-bond acceptors (Lipinski definition) is 7. The van der Waals surface area contributed by atoms with Crippen molar-refractivity contribution in [2.24, 2.45) is 56.7 Å². The van der Waals surface area contributed by atoms with E-state index in [0.29, 0.717) is 62.3 Å². The third kappa shape index (κ3) is 7.17. The molecular weight excluding hydrogens is 760 g/mol. The molecule has 0 aromatic heterocycles. The van der Waals surface area contributed by atoms with E-state index in [2.05, 4.69) is 70.8 Å². The van der Waals surface area contributed by atoms with Crippen LogP contribution in [0, 0.1) is 56.7 Å². The second kappa shape index (κ2) is 15.6. The molecular formula is C50H71FN2O5S. The van der Waals surface area contributed by atoms with Gasteiger partial charge in [0.25, 0.3) is 0 Å². The Balaban J connectivity index is 1.03. The van der Waals surface area contributed by atoms with E-state index in [4.69, 9.17) is 4.74 Å². The van der Waals surface area contributed by atoms with Crippen molar-refractivity contribution < 1.29 is 27.1 Å². The number of fused-ring (bicyclic) bond motifs is 7. The van der Waals surface area contributed by atoms with Crippen molar-refractivity contribution >= 4 is 21.6 Å². The van der Waals surface area contributed by atoms with Gasteiger partial charge >= 0.3 is 5.97 Å². The van der Waals surface area contributed by atoms with E-state index in [1.807, 2.05) is 30.3 Å². The van der Waals surface area contributed by atoms with E-state index >= 15 is 0 Å². The molecule has 7 aliphatic rings. The summed E-state index contributed by atoms with van der Waals surface area (Å²) < 4.78 is 44.7. The molecule has 3 saturated carbocycles. The summed E-state index contributed by atoms with van der Waals surface area (Å²) in [7, 11) is -2.92. The Bertz CT molecular complexity index is 2010. The molecule has 0 radical (unpaired) electrons. The number of carbonyl (C=O) groups is 2. The van der Waals surface area contributed by atoms with Gasteiger partial charge in [-0.1, -0.05) is 96.5 Å². The maximum atomic E-state index is 14.8. The van der Waals surface area contributed by atoms with E-state index in [1.54, 1.807) is 0 Å². The van der Waals surface area contributed by atoms with Gasteiger partial charge in [0.15, 0.2) is 15.6 Å². The first kappa shape index (κ1) is 43.0. The zero-order valence-corrected chi connectivity index (χ0v) is 37.8. The van der Waals surface area contributed by atoms with Gasteiger partial charge in [-0.3, -0.25) is 9.59 Å². The minimum absolute atomic E-state index is 0.0300. The molecule has 4 fully saturated rings. The largest absolute Gasteiger partial charge is 0.460 e. The number of ether oxygens (including phenoxy) is 1. The van der Waals surface area contributed by atoms with E-state index in [1.165, 1.54) is 23.1 Å². The molecule has 1 N–H and O–H groups in total. The van der Waals surface area contributed by atoms with Gasteiger partial charge in [0.2, 0.25) is 0 Å². The minimum Gasteiger partial charge on any atom is -0.460 e. The molecule has 324 valence electrons. The molecule has 1 aliphatic heterocycles. The van der Waals surface area contributed by atoms with Crippen LogP contribution < -0.4 is 5.32 Å². The summed E-state index contributed by atoms with van der Waals surface area (Å²) in [5, 5.41) is 4.02. The predicted octanol–water partition coefficient (Wildman–Crippen LogP) is 9.24. The maximum absolute atomic E-state index is 14.8. The van der Waals surface area contributed by atoms with Gasteiger partial charge in [-0.2, -0.15) is 0 Å². The fraction of sp³-hybridized carbons (Fsp3) is 0.720. The van der Waals surface area contributed by atoms with E-state index in [0.717, 1.165) is 56.3 Å². The average Bonchev–Trinajstić information content (AvgIpc) is 3.55. The topological polar surface area (TPSA) is 92.8 Å². The standard InChI is InChI=1S/C50H71FN2O5S/c1-33(2)43-40(54)29-36-39(52-23-24-53-25-27-59(56,57)28-26-53)30-49(7)38(44(36)43)13-14-42-47(5)19-17-37(46(3,4)41(47)18-20-48(42,49)6)35-15-21-50(32-51,22-16-35)45(55)58-31-34-11-9-8-10-12-34/h8-12,15,17,33,36,38-39,41-42,52H,13-14,16,18-32H2,1-7H3/t36?,38-,39+,41?,42?,47+,48-,49-,50-/m1/s1. The lowest BCUT2D eigenvalue weighted by atomic mass is 9.33. The Morgan fingerprint density at radius 1 is 0.949 bits per heavy atom. The number of benzene rings is 1. The molecule has 8 rings (SSSR count). The van der Waals surface area contributed by atoms with E-state index in [9.17, 15) is 22.4 Å². The second-order valence-corrected chi connectivity index (χ2v) is 23.9. The number of rotatable bonds is 10. The number of nitrogens with one attached hydrogen (secondary N) is 1. The average molecular weight is 831 g/mol. The molecule has 3 unspecified atom stereocenters. The summed E-state index contributed by atoms with van der Waals surface area (Å²) in [4.78, 5) is 29.6. The summed E-state index contributed by atoms with van der Waals surface area (Å²) in [5.41, 5.74) is 5.26. The Morgan fingerprint density at radius 3 is 2.34 bits per heavy atom. The molecule has 9 heteroatoms. The van der Waals surface area contributed by atoms with Crippen LogP contribution in [0.5, 0.6) is 0 Å². The third-order valence-electron chi connectivity index (χ3n) is 18.1. The number of ketones is 1. The van der Waals surface area contributed by atoms with Crippen LogP contribution in [0.4, 0.5) is 4.39 Å². The molecule has 0 spiro atoms. The van der Waals surface area contributed by atoms with Crippen LogP contribution in [0.25, 0.3) is 0 Å². The zero-order chi connectivity index (χ0) is 42.2. The smallest absolute Gasteiger partial charge is 0.315 e. The Hall–Kier alpha value is -2.62. The lowest BCUT2D eigenvalue weighted by Gasteiger charge is -2.71. The summed E-state index contributed by atoms with van der Waals surface area (Å²) >= 11 is 0. The van der Waals surface area contributed by atoms with Crippen LogP contribution in [0.1, 0.15) is 118 Å². The van der Waals surface area contributed by atoms with Crippen LogP contribution in [0.3, 0.4) is 0 Å². The highest BCUT2D eigenvalue weighted by Gasteiger charge is 2.69. The highest BCUT2D eigenvalue weighted by molar-refractivity contribution is 7.91. The number of halogens is 1. The molecule has 1 aromatic rings. The number of esters is 1. The Morgan fingerprint density at radius 2 is 1.68 bits per heavy atom. The van der Waals surface area contributed by atoms with Crippen LogP contribution in [0.15, 0.2) is 64.8 Å². The molecule has 1 saturated heterocycles. The van der Waals surface area contributed by atoms with Crippen molar-refractivity contribution in [3.8, 4) is 0 Å². The summed E-state index contributed by atoms with van der Waals surface area (Å²) in [6.45, 7) is 19.5. The number of hydrogen-bond donors (Lipinski definition) is 1. The van der Waals surface area contributed by atoms with Crippen LogP contribution in [-0.4, -0.2) is 75.5 Å². The quantitative estimate of drug-likeness (QED) is 0.235. The molecule has 1 aromatic carbocycles. The van der Waals surface area contributed by atoms with Crippen molar-refractivity contribution in [2.45, 2.75) is 125 Å². The number of nitrogens with zero attached hydrogens (tertiary/aromatic N) is 1. The molecule has 1 heterocycles. The summed E-state index contributed by atoms with van der Waals surface area (Å²) in [5.74, 6) is 2.33. The first-order valence-corrected chi connectivity index (χ1v) is 24.8. The Labute approximate surface area is 354 Å². The molecule has 7 nitrogen and oxygen atoms in total. The van der Waals surface area contributed by atoms with Gasteiger partial charge in [-0.15, -0.1) is 0 Å². The maximum Gasteiger partial charge on any atom is 0.315 e. The number of Topliss-reactive ketones (excluding diaryl/α,β-unsaturated/α-hetero) is 1. The number of carbonyl (C=O) groups excluding carboxylic acids is 2. The van der Waals surface area contributed by atoms with Crippen LogP contribution in [-0.2, 0) is 30.8 Å². The van der Waals surface area contributed by atoms with Gasteiger partial charge in [0, 0.05) is 44.6 Å². The summed E-state index contributed by atoms with van der Waals surface area (Å²) in [6, 6.07) is 9.84. The highest BCUT2D eigenvalue weighted by Crippen LogP contribution is 2.75. The van der Waals surface area contributed by atoms with E-state index in [-0.39, 0.29) is 57.7 Å². The summed E-state index contributed by atoms with van der Waals surface area (Å²) in [6.07, 6.45) is 13.6. The highest BCUT2D eigenvalue weighted by atomic mass is 32.2. The van der Waals surface area contributed by atoms with Gasteiger partial charge < -0.3 is 15.0 Å². The lowest BCUT2D eigenvalue weighted by Crippen LogP contribution is -2.65. The van der Waals surface area contributed by atoms with Crippen molar-refractivity contribution in [3.05, 3.63) is 70.3 Å². The number of alkyl halides is 1. The predicted molar refractivity (Wildman–Crippen MR) is 233 cm³/mol. The lowest BCUT2D eigenvalue weighted by molar-refractivity contribution is -0.197. The monoisotopic (exact) mass is 831 g/mol. The fourth-order valence-electron chi connectivity index (χ4n) is 14.8. The van der Waals surface area contributed by atoms with Crippen LogP contribution >= 0.6 is 0 Å². The SMILES string of the molecule is CC(C)C1=C2C(CC1=O)[C@@H](NCCN1CCS(=O)(=O)CC1)C[C@]1(C)[C@@H]2CCC2[C@@]3(C)CC=C(C4=CC[C@@](CF)(C(=O)OCc5ccccc5)CC4)C(C)(C)C3CC[C@]21C. The molecule has 0 bridgehead atoms. The van der Waals surface area contributed by atoms with Gasteiger partial charge in [0.05, 0.1) is 16.9 Å². The van der Waals surface area contributed by atoms with E-state index < -0.39 is 27.9 Å². The molecule has 59 heavy (non-hydrogen) atoms. The first-order valence-electron chi connectivity index (χ1n) is 23.0. The zero-order valence-electron chi connectivity index (χ0n) is 37.0. The van der Waals surface area contributed by atoms with Crippen LogP contribution in [0.2, 0.25) is 0 Å². The fourth-order valence-corrected chi connectivity index (χ4v) is 16.1. The first-order chi connectivity index (χ1) is 27.9. The van der Waals surface area contributed by atoms with Crippen molar-refractivity contribution in [1.29, 1.82) is 0 Å². The number of sulfone groups is 1. The molecule has 0 amide bonds. The number of allylic oxidation sites excluding steroid dienone is 5. The second-order valence-electron chi connectivity index (χ2n) is 21.6. The van der Waals surface area contributed by atoms with Gasteiger partial charge in [-0.25, -0.2) is 12.8 Å².